The minimum absolute atomic E-state index is 0.0801. The Balaban J connectivity index is 1.47. The number of amides is 1. The molecule has 1 N–H and O–H groups in total. The average molecular weight is 468 g/mol. The van der Waals surface area contributed by atoms with Crippen LogP contribution in [0, 0.1) is 0 Å². The van der Waals surface area contributed by atoms with Crippen LogP contribution >= 0.6 is 11.8 Å². The molecule has 0 aliphatic carbocycles. The number of nitrogens with zero attached hydrogens (tertiary/aromatic N) is 4. The van der Waals surface area contributed by atoms with Crippen LogP contribution in [-0.2, 0) is 4.79 Å². The number of anilines is 1. The second-order valence-electron chi connectivity index (χ2n) is 6.75. The van der Waals surface area contributed by atoms with E-state index in [9.17, 15) is 9.59 Å². The van der Waals surface area contributed by atoms with Crippen LogP contribution in [0.4, 0.5) is 5.69 Å². The van der Waals surface area contributed by atoms with Crippen molar-refractivity contribution in [3.8, 4) is 22.9 Å². The number of hydrogen-bond donors (Lipinski definition) is 1. The summed E-state index contributed by atoms with van der Waals surface area (Å²) in [5.41, 5.74) is 1.09. The van der Waals surface area contributed by atoms with Crippen LogP contribution in [0.2, 0.25) is 0 Å². The number of fused-ring (bicyclic) bond motifs is 1. The molecule has 2 aromatic carbocycles. The smallest absolute Gasteiger partial charge is 0.300 e. The number of benzene rings is 2. The van der Waals surface area contributed by atoms with Crippen molar-refractivity contribution in [1.82, 2.24) is 19.2 Å². The molecule has 11 heteroatoms. The van der Waals surface area contributed by atoms with Crippen molar-refractivity contribution in [2.24, 2.45) is 0 Å². The lowest BCUT2D eigenvalue weighted by molar-refractivity contribution is -0.113. The Hall–Kier alpha value is -3.99. The molecule has 0 radical (unpaired) electrons. The largest absolute Gasteiger partial charge is 0.497 e. The summed E-state index contributed by atoms with van der Waals surface area (Å²) in [7, 11) is 4.65. The van der Waals surface area contributed by atoms with Crippen LogP contribution in [0.5, 0.6) is 17.2 Å². The van der Waals surface area contributed by atoms with Crippen LogP contribution in [-0.4, -0.2) is 52.2 Å². The first kappa shape index (κ1) is 22.2. The fraction of sp³-hybridized carbons (Fsp3) is 0.182. The van der Waals surface area contributed by atoms with Gasteiger partial charge >= 0.3 is 5.56 Å². The number of carbonyl (C=O) groups is 1. The summed E-state index contributed by atoms with van der Waals surface area (Å²) in [5, 5.41) is 11.3. The number of thioether (sulfide) groups is 1. The first-order chi connectivity index (χ1) is 16.0. The molecule has 10 nitrogen and oxygen atoms in total. The van der Waals surface area contributed by atoms with Crippen molar-refractivity contribution in [3.63, 3.8) is 0 Å². The van der Waals surface area contributed by atoms with Crippen LogP contribution in [0.3, 0.4) is 0 Å². The number of nitrogens with one attached hydrogen (secondary N) is 1. The molecule has 33 heavy (non-hydrogen) atoms. The Labute approximate surface area is 193 Å². The molecule has 0 unspecified atom stereocenters. The van der Waals surface area contributed by atoms with E-state index in [-0.39, 0.29) is 22.9 Å². The highest BCUT2D eigenvalue weighted by atomic mass is 32.2. The first-order valence-electron chi connectivity index (χ1n) is 9.79. The zero-order valence-corrected chi connectivity index (χ0v) is 19.0. The standard InChI is InChI=1S/C22H21N5O5S/c1-30-16-7-5-15(6-8-16)26-10-11-27-20(21(26)29)24-25-22(27)33-13-19(28)23-14-4-9-17(31-2)18(12-14)32-3/h4-12H,13H2,1-3H3,(H,23,28). The summed E-state index contributed by atoms with van der Waals surface area (Å²) in [4.78, 5) is 25.3. The third-order valence-electron chi connectivity index (χ3n) is 4.79. The lowest BCUT2D eigenvalue weighted by Crippen LogP contribution is -2.20. The number of rotatable bonds is 8. The zero-order chi connectivity index (χ0) is 23.4. The maximum atomic E-state index is 12.9. The monoisotopic (exact) mass is 467 g/mol. The summed E-state index contributed by atoms with van der Waals surface area (Å²) in [5.74, 6) is 1.62. The molecule has 0 fully saturated rings. The highest BCUT2D eigenvalue weighted by Gasteiger charge is 2.14. The molecule has 170 valence electrons. The normalized spacial score (nSPS) is 10.8. The molecule has 4 aromatic rings. The van der Waals surface area contributed by atoms with Gasteiger partial charge in [0, 0.05) is 29.8 Å². The fourth-order valence-electron chi connectivity index (χ4n) is 3.15. The Morgan fingerprint density at radius 2 is 1.73 bits per heavy atom. The third kappa shape index (κ3) is 4.62. The minimum atomic E-state index is -0.322. The molecular formula is C22H21N5O5S. The van der Waals surface area contributed by atoms with E-state index < -0.39 is 0 Å². The van der Waals surface area contributed by atoms with Crippen LogP contribution in [0.15, 0.2) is 64.8 Å². The Bertz CT molecular complexity index is 1350. The number of carbonyl (C=O) groups excluding carboxylic acids is 1. The minimum Gasteiger partial charge on any atom is -0.497 e. The zero-order valence-electron chi connectivity index (χ0n) is 18.1. The van der Waals surface area contributed by atoms with Gasteiger partial charge in [-0.25, -0.2) is 0 Å². The number of hydrogen-bond acceptors (Lipinski definition) is 8. The van der Waals surface area contributed by atoms with Gasteiger partial charge in [-0.05, 0) is 36.4 Å². The second-order valence-corrected chi connectivity index (χ2v) is 7.70. The van der Waals surface area contributed by atoms with Crippen LogP contribution in [0.25, 0.3) is 11.3 Å². The molecule has 0 spiro atoms. The molecule has 0 aliphatic rings. The van der Waals surface area contributed by atoms with Gasteiger partial charge in [-0.15, -0.1) is 10.2 Å². The average Bonchev–Trinajstić information content (AvgIpc) is 3.27. The van der Waals surface area contributed by atoms with E-state index >= 15 is 0 Å². The molecule has 0 bridgehead atoms. The van der Waals surface area contributed by atoms with E-state index in [1.54, 1.807) is 73.5 Å². The lowest BCUT2D eigenvalue weighted by atomic mass is 10.2. The predicted molar refractivity (Wildman–Crippen MR) is 124 cm³/mol. The third-order valence-corrected chi connectivity index (χ3v) is 5.73. The van der Waals surface area contributed by atoms with Crippen molar-refractivity contribution < 1.29 is 19.0 Å². The number of methoxy groups -OCH3 is 3. The van der Waals surface area contributed by atoms with E-state index in [0.717, 1.165) is 0 Å². The first-order valence-corrected chi connectivity index (χ1v) is 10.8. The molecule has 2 heterocycles. The van der Waals surface area contributed by atoms with Gasteiger partial charge in [0.15, 0.2) is 16.7 Å². The van der Waals surface area contributed by atoms with Gasteiger partial charge in [0.1, 0.15) is 5.75 Å². The molecular weight excluding hydrogens is 446 g/mol. The Kier molecular flexibility index (Phi) is 6.50. The van der Waals surface area contributed by atoms with Crippen molar-refractivity contribution in [2.75, 3.05) is 32.4 Å². The van der Waals surface area contributed by atoms with E-state index in [1.165, 1.54) is 23.4 Å². The molecule has 0 atom stereocenters. The summed E-state index contributed by atoms with van der Waals surface area (Å²) in [6, 6.07) is 12.2. The van der Waals surface area contributed by atoms with Crippen molar-refractivity contribution in [3.05, 3.63) is 65.2 Å². The second kappa shape index (κ2) is 9.65. The quantitative estimate of drug-likeness (QED) is 0.394. The van der Waals surface area contributed by atoms with Gasteiger partial charge in [-0.1, -0.05) is 11.8 Å². The molecule has 0 saturated heterocycles. The van der Waals surface area contributed by atoms with Gasteiger partial charge in [0.25, 0.3) is 0 Å². The molecule has 1 amide bonds. The fourth-order valence-corrected chi connectivity index (χ4v) is 3.87. The van der Waals surface area contributed by atoms with Crippen LogP contribution in [0.1, 0.15) is 0 Å². The van der Waals surface area contributed by atoms with Gasteiger partial charge in [0.05, 0.1) is 27.1 Å². The molecule has 4 rings (SSSR count). The maximum Gasteiger partial charge on any atom is 0.300 e. The van der Waals surface area contributed by atoms with Crippen molar-refractivity contribution in [2.45, 2.75) is 5.16 Å². The SMILES string of the molecule is COc1ccc(-n2ccn3c(SCC(=O)Nc4ccc(OC)c(OC)c4)nnc3c2=O)cc1. The predicted octanol–water partition coefficient (Wildman–Crippen LogP) is 2.64. The van der Waals surface area contributed by atoms with Gasteiger partial charge < -0.3 is 19.5 Å². The summed E-state index contributed by atoms with van der Waals surface area (Å²) in [6.45, 7) is 0. The van der Waals surface area contributed by atoms with E-state index in [0.29, 0.717) is 33.8 Å². The molecule has 0 saturated carbocycles. The topological polar surface area (TPSA) is 109 Å². The van der Waals surface area contributed by atoms with Gasteiger partial charge in [-0.2, -0.15) is 0 Å². The number of aromatic nitrogens is 4. The number of ether oxygens (including phenoxy) is 3. The highest BCUT2D eigenvalue weighted by molar-refractivity contribution is 7.99. The van der Waals surface area contributed by atoms with E-state index in [1.807, 2.05) is 0 Å². The van der Waals surface area contributed by atoms with Gasteiger partial charge in [0.2, 0.25) is 11.6 Å². The Morgan fingerprint density at radius 3 is 2.42 bits per heavy atom. The van der Waals surface area contributed by atoms with E-state index in [2.05, 4.69) is 15.5 Å². The highest BCUT2D eigenvalue weighted by Crippen LogP contribution is 2.30. The van der Waals surface area contributed by atoms with Crippen molar-refractivity contribution in [1.29, 1.82) is 0 Å². The van der Waals surface area contributed by atoms with Crippen molar-refractivity contribution >= 4 is 29.0 Å². The molecule has 0 aliphatic heterocycles. The van der Waals surface area contributed by atoms with Crippen LogP contribution < -0.4 is 25.1 Å². The summed E-state index contributed by atoms with van der Waals surface area (Å²) < 4.78 is 18.6. The maximum absolute atomic E-state index is 12.9. The lowest BCUT2D eigenvalue weighted by Gasteiger charge is -2.10. The van der Waals surface area contributed by atoms with E-state index in [4.69, 9.17) is 14.2 Å². The van der Waals surface area contributed by atoms with Gasteiger partial charge in [-0.3, -0.25) is 18.6 Å². The molecule has 2 aromatic heterocycles. The summed E-state index contributed by atoms with van der Waals surface area (Å²) in [6.07, 6.45) is 3.32. The summed E-state index contributed by atoms with van der Waals surface area (Å²) >= 11 is 1.17. The Morgan fingerprint density at radius 1 is 0.970 bits per heavy atom.